The Kier molecular flexibility index (Phi) is 8.83. The third kappa shape index (κ3) is 7.56. The third-order valence-corrected chi connectivity index (χ3v) is 2.56. The van der Waals surface area contributed by atoms with Crippen LogP contribution in [0.4, 0.5) is 11.4 Å². The van der Waals surface area contributed by atoms with Crippen molar-refractivity contribution >= 4 is 22.8 Å². The van der Waals surface area contributed by atoms with Crippen LogP contribution in [0.15, 0.2) is 70.9 Å². The molecular formula is C18H12N8. The van der Waals surface area contributed by atoms with Crippen LogP contribution in [0, 0.1) is 45.3 Å². The Morgan fingerprint density at radius 2 is 0.885 bits per heavy atom. The lowest BCUT2D eigenvalue weighted by molar-refractivity contribution is 1.34. The van der Waals surface area contributed by atoms with E-state index in [1.165, 1.54) is 0 Å². The lowest BCUT2D eigenvalue weighted by atomic mass is 10.3. The van der Waals surface area contributed by atoms with Crippen molar-refractivity contribution < 1.29 is 0 Å². The summed E-state index contributed by atoms with van der Waals surface area (Å²) in [4.78, 5) is 0. The Labute approximate surface area is 150 Å². The van der Waals surface area contributed by atoms with Gasteiger partial charge in [-0.1, -0.05) is 36.4 Å². The van der Waals surface area contributed by atoms with Crippen molar-refractivity contribution in [1.29, 1.82) is 21.0 Å². The van der Waals surface area contributed by atoms with Gasteiger partial charge in [0.2, 0.25) is 11.4 Å². The van der Waals surface area contributed by atoms with Gasteiger partial charge in [0.05, 0.1) is 11.4 Å². The monoisotopic (exact) mass is 340 g/mol. The highest BCUT2D eigenvalue weighted by Gasteiger charge is 1.93. The van der Waals surface area contributed by atoms with E-state index in [0.717, 1.165) is 11.4 Å². The first-order chi connectivity index (χ1) is 12.7. The molecule has 0 unspecified atom stereocenters. The fourth-order valence-corrected chi connectivity index (χ4v) is 1.42. The molecule has 0 spiro atoms. The molecule has 26 heavy (non-hydrogen) atoms. The second kappa shape index (κ2) is 11.8. The molecule has 0 heterocycles. The lowest BCUT2D eigenvalue weighted by Crippen LogP contribution is -1.95. The summed E-state index contributed by atoms with van der Waals surface area (Å²) >= 11 is 0. The van der Waals surface area contributed by atoms with E-state index in [1.54, 1.807) is 48.5 Å². The van der Waals surface area contributed by atoms with Gasteiger partial charge < -0.3 is 0 Å². The average Bonchev–Trinajstić information content (AvgIpc) is 2.71. The number of benzene rings is 2. The van der Waals surface area contributed by atoms with Gasteiger partial charge in [-0.15, -0.1) is 0 Å². The van der Waals surface area contributed by atoms with Crippen LogP contribution in [-0.4, -0.2) is 11.4 Å². The minimum Gasteiger partial charge on any atom is -0.277 e. The second-order valence-electron chi connectivity index (χ2n) is 4.32. The van der Waals surface area contributed by atoms with Crippen LogP contribution < -0.4 is 10.9 Å². The van der Waals surface area contributed by atoms with E-state index in [0.29, 0.717) is 0 Å². The minimum absolute atomic E-state index is 0.191. The molecule has 0 aliphatic carbocycles. The van der Waals surface area contributed by atoms with Crippen LogP contribution in [-0.2, 0) is 0 Å². The summed E-state index contributed by atoms with van der Waals surface area (Å²) in [5.41, 5.74) is 6.28. The summed E-state index contributed by atoms with van der Waals surface area (Å²) in [7, 11) is 0. The van der Waals surface area contributed by atoms with Gasteiger partial charge in [-0.2, -0.15) is 31.3 Å². The molecular weight excluding hydrogens is 328 g/mol. The van der Waals surface area contributed by atoms with E-state index >= 15 is 0 Å². The van der Waals surface area contributed by atoms with Crippen molar-refractivity contribution in [3.63, 3.8) is 0 Å². The SMILES string of the molecule is N#CC(C#N)=NNc1ccccc1.N#CC(C#N)=NNc1ccccc1. The van der Waals surface area contributed by atoms with Crippen LogP contribution in [0.5, 0.6) is 0 Å². The first-order valence-electron chi connectivity index (χ1n) is 7.11. The number of hydrazone groups is 2. The number of nitriles is 4. The molecule has 2 rings (SSSR count). The van der Waals surface area contributed by atoms with Gasteiger partial charge >= 0.3 is 0 Å². The van der Waals surface area contributed by atoms with E-state index < -0.39 is 0 Å². The zero-order chi connectivity index (χ0) is 19.0. The largest absolute Gasteiger partial charge is 0.277 e. The van der Waals surface area contributed by atoms with Crippen molar-refractivity contribution in [3.05, 3.63) is 60.7 Å². The summed E-state index contributed by atoms with van der Waals surface area (Å²) < 4.78 is 0. The highest BCUT2D eigenvalue weighted by molar-refractivity contribution is 6.10. The van der Waals surface area contributed by atoms with E-state index in [4.69, 9.17) is 21.0 Å². The Morgan fingerprint density at radius 3 is 1.15 bits per heavy atom. The molecule has 0 fully saturated rings. The summed E-state index contributed by atoms with van der Waals surface area (Å²) in [6, 6.07) is 24.8. The zero-order valence-electron chi connectivity index (χ0n) is 13.5. The molecule has 0 aliphatic heterocycles. The van der Waals surface area contributed by atoms with Crippen LogP contribution in [0.1, 0.15) is 0 Å². The molecule has 0 saturated carbocycles. The number of nitrogens with zero attached hydrogens (tertiary/aromatic N) is 6. The number of rotatable bonds is 4. The molecule has 0 aliphatic rings. The van der Waals surface area contributed by atoms with Gasteiger partial charge in [0.15, 0.2) is 0 Å². The summed E-state index contributed by atoms with van der Waals surface area (Å²) in [5, 5.41) is 40.6. The molecule has 0 bridgehead atoms. The van der Waals surface area contributed by atoms with Crippen molar-refractivity contribution in [2.75, 3.05) is 10.9 Å². The molecule has 124 valence electrons. The van der Waals surface area contributed by atoms with Gasteiger partial charge in [0.25, 0.3) is 0 Å². The van der Waals surface area contributed by atoms with Gasteiger partial charge in [-0.05, 0) is 24.3 Å². The van der Waals surface area contributed by atoms with E-state index in [1.807, 2.05) is 36.4 Å². The molecule has 0 amide bonds. The Morgan fingerprint density at radius 1 is 0.577 bits per heavy atom. The summed E-state index contributed by atoms with van der Waals surface area (Å²) in [6.45, 7) is 0. The molecule has 2 N–H and O–H groups in total. The first kappa shape index (κ1) is 19.4. The Bertz CT molecular complexity index is 808. The van der Waals surface area contributed by atoms with Crippen LogP contribution in [0.3, 0.4) is 0 Å². The van der Waals surface area contributed by atoms with Crippen molar-refractivity contribution in [2.24, 2.45) is 10.2 Å². The minimum atomic E-state index is -0.191. The molecule has 0 atom stereocenters. The zero-order valence-corrected chi connectivity index (χ0v) is 13.5. The standard InChI is InChI=1S/2C9H6N4/c2*10-6-9(7-11)13-12-8-4-2-1-3-5-8/h2*1-5,12H. The molecule has 2 aromatic carbocycles. The maximum atomic E-state index is 8.36. The predicted molar refractivity (Wildman–Crippen MR) is 97.5 cm³/mol. The van der Waals surface area contributed by atoms with Crippen molar-refractivity contribution in [1.82, 2.24) is 0 Å². The first-order valence-corrected chi connectivity index (χ1v) is 7.11. The third-order valence-electron chi connectivity index (χ3n) is 2.56. The molecule has 8 nitrogen and oxygen atoms in total. The topological polar surface area (TPSA) is 144 Å². The van der Waals surface area contributed by atoms with Crippen LogP contribution in [0.25, 0.3) is 0 Å². The van der Waals surface area contributed by atoms with Gasteiger partial charge in [-0.25, -0.2) is 0 Å². The Balaban J connectivity index is 0.000000260. The van der Waals surface area contributed by atoms with Gasteiger partial charge in [-0.3, -0.25) is 10.9 Å². The quantitative estimate of drug-likeness (QED) is 0.646. The molecule has 0 radical (unpaired) electrons. The van der Waals surface area contributed by atoms with E-state index in [2.05, 4.69) is 21.1 Å². The summed E-state index contributed by atoms with van der Waals surface area (Å²) in [6.07, 6.45) is 0. The number of hydrogen-bond acceptors (Lipinski definition) is 8. The van der Waals surface area contributed by atoms with E-state index in [9.17, 15) is 0 Å². The number of anilines is 2. The maximum absolute atomic E-state index is 8.36. The smallest absolute Gasteiger partial charge is 0.237 e. The number of nitrogens with one attached hydrogen (secondary N) is 2. The fraction of sp³-hybridized carbons (Fsp3) is 0. The number of hydrogen-bond donors (Lipinski definition) is 2. The van der Waals surface area contributed by atoms with Crippen molar-refractivity contribution in [2.45, 2.75) is 0 Å². The van der Waals surface area contributed by atoms with Crippen LogP contribution in [0.2, 0.25) is 0 Å². The average molecular weight is 340 g/mol. The van der Waals surface area contributed by atoms with Gasteiger partial charge in [0, 0.05) is 0 Å². The normalized spacial score (nSPS) is 7.85. The predicted octanol–water partition coefficient (Wildman–Crippen LogP) is 3.00. The maximum Gasteiger partial charge on any atom is 0.237 e. The molecule has 0 aromatic heterocycles. The van der Waals surface area contributed by atoms with E-state index in [-0.39, 0.29) is 11.4 Å². The van der Waals surface area contributed by atoms with Gasteiger partial charge in [0.1, 0.15) is 24.3 Å². The molecule has 2 aromatic rings. The molecule has 8 heteroatoms. The molecule has 0 saturated heterocycles. The fourth-order valence-electron chi connectivity index (χ4n) is 1.42. The number of para-hydroxylation sites is 2. The lowest BCUT2D eigenvalue weighted by Gasteiger charge is -1.96. The highest BCUT2D eigenvalue weighted by Crippen LogP contribution is 2.04. The second-order valence-corrected chi connectivity index (χ2v) is 4.32. The van der Waals surface area contributed by atoms with Crippen molar-refractivity contribution in [3.8, 4) is 24.3 Å². The summed E-state index contributed by atoms with van der Waals surface area (Å²) in [5.74, 6) is 0. The van der Waals surface area contributed by atoms with Crippen LogP contribution >= 0.6 is 0 Å². The Hall–Kier alpha value is -4.66. The highest BCUT2D eigenvalue weighted by atomic mass is 15.3.